The van der Waals surface area contributed by atoms with Crippen LogP contribution in [0.2, 0.25) is 0 Å². The molecule has 0 aliphatic heterocycles. The first-order valence-electron chi connectivity index (χ1n) is 13.1. The van der Waals surface area contributed by atoms with Crippen LogP contribution in [0.25, 0.3) is 0 Å². The molecule has 0 bridgehead atoms. The SMILES string of the molecule is [O-]/[N+](=C\[C@@H](OCc1ccccc1)[C@@H](OCc1ccccc1)[C@H](O)COCc1ccccc1)Cc1ccccc1. The highest BCUT2D eigenvalue weighted by atomic mass is 16.6. The lowest BCUT2D eigenvalue weighted by atomic mass is 10.1. The molecule has 0 heterocycles. The molecule has 0 radical (unpaired) electrons. The molecule has 4 aromatic rings. The van der Waals surface area contributed by atoms with Crippen LogP contribution in [0.3, 0.4) is 0 Å². The van der Waals surface area contributed by atoms with Crippen LogP contribution < -0.4 is 0 Å². The van der Waals surface area contributed by atoms with E-state index in [1.807, 2.05) is 121 Å². The van der Waals surface area contributed by atoms with Crippen LogP contribution in [-0.2, 0) is 40.6 Å². The highest BCUT2D eigenvalue weighted by Gasteiger charge is 2.32. The smallest absolute Gasteiger partial charge is 0.183 e. The number of hydroxylamine groups is 1. The Morgan fingerprint density at radius 3 is 1.56 bits per heavy atom. The average molecular weight is 526 g/mol. The number of nitrogens with zero attached hydrogens (tertiary/aromatic N) is 1. The average Bonchev–Trinajstić information content (AvgIpc) is 2.98. The number of benzene rings is 4. The minimum Gasteiger partial charge on any atom is -0.624 e. The molecular formula is C33H35NO5. The quantitative estimate of drug-likeness (QED) is 0.0958. The van der Waals surface area contributed by atoms with Crippen molar-refractivity contribution < 1.29 is 24.1 Å². The van der Waals surface area contributed by atoms with Crippen LogP contribution >= 0.6 is 0 Å². The van der Waals surface area contributed by atoms with Crippen molar-refractivity contribution in [2.24, 2.45) is 0 Å². The Morgan fingerprint density at radius 2 is 1.05 bits per heavy atom. The van der Waals surface area contributed by atoms with E-state index >= 15 is 0 Å². The molecule has 0 aliphatic rings. The van der Waals surface area contributed by atoms with Crippen LogP contribution in [0.5, 0.6) is 0 Å². The third-order valence-electron chi connectivity index (χ3n) is 6.17. The van der Waals surface area contributed by atoms with Crippen molar-refractivity contribution in [2.45, 2.75) is 44.7 Å². The summed E-state index contributed by atoms with van der Waals surface area (Å²) in [4.78, 5) is 0. The summed E-state index contributed by atoms with van der Waals surface area (Å²) in [6.45, 7) is 1.02. The van der Waals surface area contributed by atoms with E-state index in [0.29, 0.717) is 6.61 Å². The molecule has 0 fully saturated rings. The molecule has 6 heteroatoms. The third-order valence-corrected chi connectivity index (χ3v) is 6.17. The van der Waals surface area contributed by atoms with Crippen molar-refractivity contribution in [1.82, 2.24) is 0 Å². The lowest BCUT2D eigenvalue weighted by molar-refractivity contribution is -0.473. The largest absolute Gasteiger partial charge is 0.624 e. The zero-order valence-electron chi connectivity index (χ0n) is 21.9. The Hall–Kier alpha value is -3.81. The van der Waals surface area contributed by atoms with E-state index in [1.165, 1.54) is 6.21 Å². The summed E-state index contributed by atoms with van der Waals surface area (Å²) in [5.41, 5.74) is 3.78. The van der Waals surface area contributed by atoms with Crippen LogP contribution in [0.1, 0.15) is 22.3 Å². The molecule has 0 saturated heterocycles. The molecule has 0 spiro atoms. The molecule has 6 nitrogen and oxygen atoms in total. The molecule has 0 amide bonds. The molecule has 0 aliphatic carbocycles. The van der Waals surface area contributed by atoms with E-state index in [9.17, 15) is 10.3 Å². The molecule has 4 rings (SSSR count). The summed E-state index contributed by atoms with van der Waals surface area (Å²) >= 11 is 0. The summed E-state index contributed by atoms with van der Waals surface area (Å²) < 4.78 is 19.1. The maximum absolute atomic E-state index is 13.0. The number of aliphatic hydroxyl groups excluding tert-OH is 1. The second-order valence-corrected chi connectivity index (χ2v) is 9.30. The van der Waals surface area contributed by atoms with Gasteiger partial charge in [0, 0.05) is 5.56 Å². The van der Waals surface area contributed by atoms with E-state index in [-0.39, 0.29) is 26.4 Å². The predicted molar refractivity (Wildman–Crippen MR) is 152 cm³/mol. The summed E-state index contributed by atoms with van der Waals surface area (Å²) in [7, 11) is 0. The zero-order chi connectivity index (χ0) is 27.1. The molecule has 0 unspecified atom stereocenters. The second-order valence-electron chi connectivity index (χ2n) is 9.30. The van der Waals surface area contributed by atoms with Gasteiger partial charge in [-0.25, -0.2) is 4.74 Å². The molecular weight excluding hydrogens is 490 g/mol. The van der Waals surface area contributed by atoms with E-state index in [0.717, 1.165) is 27.0 Å². The summed E-state index contributed by atoms with van der Waals surface area (Å²) in [5, 5.41) is 24.3. The van der Waals surface area contributed by atoms with Crippen LogP contribution in [0.15, 0.2) is 121 Å². The van der Waals surface area contributed by atoms with Gasteiger partial charge in [0.1, 0.15) is 12.2 Å². The fraction of sp³-hybridized carbons (Fsp3) is 0.242. The van der Waals surface area contributed by atoms with Gasteiger partial charge in [-0.3, -0.25) is 0 Å². The van der Waals surface area contributed by atoms with E-state index in [4.69, 9.17) is 14.2 Å². The van der Waals surface area contributed by atoms with Gasteiger partial charge in [-0.15, -0.1) is 0 Å². The number of hydrogen-bond acceptors (Lipinski definition) is 5. The molecule has 0 saturated carbocycles. The minimum absolute atomic E-state index is 0.0188. The second kappa shape index (κ2) is 15.6. The summed E-state index contributed by atoms with van der Waals surface area (Å²) in [6, 6.07) is 38.7. The van der Waals surface area contributed by atoms with Crippen LogP contribution in [-0.4, -0.2) is 41.0 Å². The van der Waals surface area contributed by atoms with Crippen molar-refractivity contribution in [3.8, 4) is 0 Å². The van der Waals surface area contributed by atoms with Crippen molar-refractivity contribution >= 4 is 6.21 Å². The molecule has 4 aromatic carbocycles. The highest BCUT2D eigenvalue weighted by Crippen LogP contribution is 2.16. The highest BCUT2D eigenvalue weighted by molar-refractivity contribution is 5.59. The van der Waals surface area contributed by atoms with Crippen molar-refractivity contribution in [2.75, 3.05) is 6.61 Å². The van der Waals surface area contributed by atoms with Gasteiger partial charge in [-0.2, -0.15) is 0 Å². The Balaban J connectivity index is 1.53. The standard InChI is InChI=1S/C33H35NO5/c35-31(26-37-23-28-15-7-2-8-16-28)33(39-25-30-19-11-4-12-20-30)32(38-24-29-17-9-3-10-18-29)22-34(36)21-27-13-5-1-6-14-27/h1-20,22,31-33,35H,21,23-26H2/b34-22-/t31-,32-,33+/m1/s1. The molecule has 3 atom stereocenters. The van der Waals surface area contributed by atoms with E-state index in [2.05, 4.69) is 0 Å². The zero-order valence-corrected chi connectivity index (χ0v) is 21.9. The fourth-order valence-corrected chi connectivity index (χ4v) is 4.13. The predicted octanol–water partition coefficient (Wildman–Crippen LogP) is 5.52. The minimum atomic E-state index is -1.04. The van der Waals surface area contributed by atoms with Gasteiger partial charge >= 0.3 is 0 Å². The normalized spacial score (nSPS) is 14.0. The Bertz CT molecular complexity index is 1240. The number of hydrogen-bond donors (Lipinski definition) is 1. The van der Waals surface area contributed by atoms with Gasteiger partial charge < -0.3 is 24.5 Å². The van der Waals surface area contributed by atoms with Crippen molar-refractivity contribution in [3.05, 3.63) is 149 Å². The monoisotopic (exact) mass is 525 g/mol. The first kappa shape index (κ1) is 28.2. The first-order chi connectivity index (χ1) is 19.2. The summed E-state index contributed by atoms with van der Waals surface area (Å²) in [6.07, 6.45) is -1.27. The third kappa shape index (κ3) is 9.78. The van der Waals surface area contributed by atoms with Crippen molar-refractivity contribution in [1.29, 1.82) is 0 Å². The fourth-order valence-electron chi connectivity index (χ4n) is 4.13. The molecule has 0 aromatic heterocycles. The Morgan fingerprint density at radius 1 is 0.615 bits per heavy atom. The first-order valence-corrected chi connectivity index (χ1v) is 13.1. The number of ether oxygens (including phenoxy) is 3. The molecule has 1 N–H and O–H groups in total. The van der Waals surface area contributed by atoms with Crippen molar-refractivity contribution in [3.63, 3.8) is 0 Å². The lowest BCUT2D eigenvalue weighted by Gasteiger charge is -2.28. The van der Waals surface area contributed by atoms with Gasteiger partial charge in [0.25, 0.3) is 0 Å². The number of rotatable bonds is 15. The topological polar surface area (TPSA) is 74.0 Å². The van der Waals surface area contributed by atoms with Gasteiger partial charge in [0.2, 0.25) is 0 Å². The maximum atomic E-state index is 13.0. The number of aliphatic hydroxyl groups is 1. The maximum Gasteiger partial charge on any atom is 0.183 e. The summed E-state index contributed by atoms with van der Waals surface area (Å²) in [5.74, 6) is 0. The van der Waals surface area contributed by atoms with E-state index in [1.54, 1.807) is 0 Å². The van der Waals surface area contributed by atoms with Gasteiger partial charge in [0.05, 0.1) is 26.4 Å². The Labute approximate surface area is 230 Å². The molecule has 202 valence electrons. The van der Waals surface area contributed by atoms with Crippen LogP contribution in [0.4, 0.5) is 0 Å². The van der Waals surface area contributed by atoms with Gasteiger partial charge in [0.15, 0.2) is 18.9 Å². The van der Waals surface area contributed by atoms with E-state index < -0.39 is 18.3 Å². The molecule has 39 heavy (non-hydrogen) atoms. The Kier molecular flexibility index (Phi) is 11.3. The lowest BCUT2D eigenvalue weighted by Crippen LogP contribution is -2.45. The van der Waals surface area contributed by atoms with Gasteiger partial charge in [-0.1, -0.05) is 121 Å². The van der Waals surface area contributed by atoms with Crippen LogP contribution in [0, 0.1) is 5.21 Å². The van der Waals surface area contributed by atoms with Gasteiger partial charge in [-0.05, 0) is 16.7 Å².